The summed E-state index contributed by atoms with van der Waals surface area (Å²) in [7, 11) is 0. The van der Waals surface area contributed by atoms with Crippen LogP contribution in [0.1, 0.15) is 31.6 Å². The zero-order valence-electron chi connectivity index (χ0n) is 16.7. The maximum Gasteiger partial charge on any atom is 0.194 e. The highest BCUT2D eigenvalue weighted by molar-refractivity contribution is 5.80. The Labute approximate surface area is 166 Å². The smallest absolute Gasteiger partial charge is 0.194 e. The molecule has 3 atom stereocenters. The van der Waals surface area contributed by atoms with Crippen LogP contribution < -0.4 is 5.32 Å². The molecule has 0 radical (unpaired) electrons. The first-order valence-electron chi connectivity index (χ1n) is 10.4. The number of ether oxygens (including phenoxy) is 1. The van der Waals surface area contributed by atoms with E-state index >= 15 is 0 Å². The van der Waals surface area contributed by atoms with Crippen LogP contribution in [0.15, 0.2) is 46.5 Å². The highest BCUT2D eigenvalue weighted by Gasteiger charge is 2.29. The lowest BCUT2D eigenvalue weighted by Crippen LogP contribution is -2.49. The van der Waals surface area contributed by atoms with Crippen molar-refractivity contribution < 1.29 is 9.15 Å². The molecule has 0 bridgehead atoms. The Hall–Kier alpha value is -2.28. The van der Waals surface area contributed by atoms with Crippen molar-refractivity contribution in [3.8, 4) is 0 Å². The summed E-state index contributed by atoms with van der Waals surface area (Å²) in [6, 6.07) is 4.38. The van der Waals surface area contributed by atoms with Gasteiger partial charge in [0.2, 0.25) is 0 Å². The fraction of sp³-hybridized carbons (Fsp3) is 0.619. The molecule has 1 N–H and O–H groups in total. The van der Waals surface area contributed by atoms with E-state index in [2.05, 4.69) is 32.9 Å². The molecule has 7 heteroatoms. The Morgan fingerprint density at radius 3 is 3.11 bits per heavy atom. The van der Waals surface area contributed by atoms with Crippen LogP contribution in [-0.4, -0.2) is 59.8 Å². The van der Waals surface area contributed by atoms with Gasteiger partial charge in [0.1, 0.15) is 5.76 Å². The van der Waals surface area contributed by atoms with Gasteiger partial charge >= 0.3 is 0 Å². The van der Waals surface area contributed by atoms with Crippen molar-refractivity contribution in [2.24, 2.45) is 16.8 Å². The lowest BCUT2D eigenvalue weighted by Gasteiger charge is -2.39. The van der Waals surface area contributed by atoms with E-state index in [-0.39, 0.29) is 0 Å². The molecule has 2 saturated heterocycles. The summed E-state index contributed by atoms with van der Waals surface area (Å²) in [4.78, 5) is 11.6. The number of nitrogens with zero attached hydrogens (tertiary/aromatic N) is 4. The highest BCUT2D eigenvalue weighted by Crippen LogP contribution is 2.27. The van der Waals surface area contributed by atoms with Gasteiger partial charge in [-0.1, -0.05) is 6.92 Å². The van der Waals surface area contributed by atoms with Crippen molar-refractivity contribution in [2.75, 3.05) is 39.4 Å². The predicted molar refractivity (Wildman–Crippen MR) is 108 cm³/mol. The number of nitrogens with one attached hydrogen (secondary N) is 1. The van der Waals surface area contributed by atoms with Crippen LogP contribution in [0, 0.1) is 11.8 Å². The third-order valence-corrected chi connectivity index (χ3v) is 5.88. The fourth-order valence-electron chi connectivity index (χ4n) is 4.06. The number of rotatable bonds is 6. The maximum atomic E-state index is 5.52. The van der Waals surface area contributed by atoms with Crippen molar-refractivity contribution in [1.29, 1.82) is 0 Å². The van der Waals surface area contributed by atoms with Crippen molar-refractivity contribution in [1.82, 2.24) is 19.8 Å². The topological polar surface area (TPSA) is 67.8 Å². The average molecular weight is 386 g/mol. The summed E-state index contributed by atoms with van der Waals surface area (Å²) in [6.45, 7) is 7.65. The summed E-state index contributed by atoms with van der Waals surface area (Å²) in [6.07, 6.45) is 10.7. The molecule has 0 spiro atoms. The van der Waals surface area contributed by atoms with E-state index in [4.69, 9.17) is 14.1 Å². The molecule has 7 nitrogen and oxygen atoms in total. The number of hydrogen-bond acceptors (Lipinski definition) is 4. The maximum absolute atomic E-state index is 5.52. The number of guanidine groups is 1. The van der Waals surface area contributed by atoms with E-state index in [1.807, 2.05) is 24.7 Å². The highest BCUT2D eigenvalue weighted by atomic mass is 16.5. The minimum atomic E-state index is 0.420. The number of piperidine rings is 1. The summed E-state index contributed by atoms with van der Waals surface area (Å²) in [5.74, 6) is 3.17. The zero-order valence-corrected chi connectivity index (χ0v) is 16.7. The Morgan fingerprint density at radius 2 is 2.36 bits per heavy atom. The van der Waals surface area contributed by atoms with Gasteiger partial charge in [-0.15, -0.1) is 0 Å². The first-order valence-corrected chi connectivity index (χ1v) is 10.4. The van der Waals surface area contributed by atoms with Crippen molar-refractivity contribution >= 4 is 5.96 Å². The van der Waals surface area contributed by atoms with Crippen molar-refractivity contribution in [3.05, 3.63) is 42.9 Å². The number of aliphatic imine (C=N–C) groups is 1. The number of likely N-dealkylation sites (tertiary alicyclic amines) is 1. The average Bonchev–Trinajstić information content (AvgIpc) is 3.49. The van der Waals surface area contributed by atoms with Crippen LogP contribution in [0.3, 0.4) is 0 Å². The van der Waals surface area contributed by atoms with Crippen LogP contribution in [0.4, 0.5) is 0 Å². The molecule has 0 aromatic carbocycles. The van der Waals surface area contributed by atoms with Crippen LogP contribution in [0.5, 0.6) is 0 Å². The normalized spacial score (nSPS) is 26.0. The summed E-state index contributed by atoms with van der Waals surface area (Å²) >= 11 is 0. The van der Waals surface area contributed by atoms with Gasteiger partial charge in [-0.25, -0.2) is 4.98 Å². The van der Waals surface area contributed by atoms with Gasteiger partial charge in [-0.2, -0.15) is 0 Å². The van der Waals surface area contributed by atoms with Gasteiger partial charge in [0.25, 0.3) is 0 Å². The van der Waals surface area contributed by atoms with Gasteiger partial charge in [-0.05, 0) is 30.9 Å². The zero-order chi connectivity index (χ0) is 19.2. The molecule has 0 amide bonds. The number of imidazole rings is 1. The van der Waals surface area contributed by atoms with Gasteiger partial charge < -0.3 is 23.9 Å². The Morgan fingerprint density at radius 1 is 1.39 bits per heavy atom. The largest absolute Gasteiger partial charge is 0.469 e. The van der Waals surface area contributed by atoms with E-state index in [1.54, 1.807) is 6.26 Å². The predicted octanol–water partition coefficient (Wildman–Crippen LogP) is 2.58. The van der Waals surface area contributed by atoms with Gasteiger partial charge in [-0.3, -0.25) is 4.99 Å². The van der Waals surface area contributed by atoms with Gasteiger partial charge in [0, 0.05) is 57.5 Å². The molecule has 2 aromatic rings. The molecule has 4 rings (SSSR count). The summed E-state index contributed by atoms with van der Waals surface area (Å²) in [5.41, 5.74) is 0. The molecule has 0 saturated carbocycles. The van der Waals surface area contributed by atoms with Gasteiger partial charge in [0.15, 0.2) is 5.96 Å². The van der Waals surface area contributed by atoms with Crippen molar-refractivity contribution in [3.63, 3.8) is 0 Å². The number of hydrogen-bond donors (Lipinski definition) is 1. The van der Waals surface area contributed by atoms with Crippen LogP contribution in [0.25, 0.3) is 0 Å². The molecular formula is C21H31N5O2. The summed E-state index contributed by atoms with van der Waals surface area (Å²) in [5, 5.41) is 3.58. The number of aromatic nitrogens is 2. The Balaban J connectivity index is 1.42. The fourth-order valence-corrected chi connectivity index (χ4v) is 4.06. The first-order chi connectivity index (χ1) is 13.8. The lowest BCUT2D eigenvalue weighted by molar-refractivity contribution is 0.184. The van der Waals surface area contributed by atoms with E-state index in [9.17, 15) is 0 Å². The second-order valence-electron chi connectivity index (χ2n) is 7.94. The minimum absolute atomic E-state index is 0.420. The lowest BCUT2D eigenvalue weighted by atomic mass is 9.93. The molecule has 2 aromatic heterocycles. The second-order valence-corrected chi connectivity index (χ2v) is 7.94. The molecule has 0 aliphatic carbocycles. The molecule has 2 aliphatic rings. The second kappa shape index (κ2) is 9.28. The SMILES string of the molecule is CC1CCN(C(=NCC2CCOC2)NCCc2ccco2)CC1n1ccnc1. The molecule has 3 unspecified atom stereocenters. The minimum Gasteiger partial charge on any atom is -0.469 e. The van der Waals surface area contributed by atoms with Crippen LogP contribution in [0.2, 0.25) is 0 Å². The molecular weight excluding hydrogens is 354 g/mol. The third kappa shape index (κ3) is 4.76. The molecule has 2 aliphatic heterocycles. The van der Waals surface area contributed by atoms with E-state index in [1.165, 1.54) is 0 Å². The van der Waals surface area contributed by atoms with E-state index in [0.717, 1.165) is 70.4 Å². The standard InChI is InChI=1S/C21H31N5O2/c1-17-5-9-25(14-20(17)26-10-8-22-16-26)21(24-13-18-6-12-27-15-18)23-7-4-19-3-2-11-28-19/h2-3,8,10-11,16-18,20H,4-7,9,12-15H2,1H3,(H,23,24). The third-order valence-electron chi connectivity index (χ3n) is 5.88. The summed E-state index contributed by atoms with van der Waals surface area (Å²) < 4.78 is 13.2. The molecule has 28 heavy (non-hydrogen) atoms. The van der Waals surface area contributed by atoms with Crippen LogP contribution >= 0.6 is 0 Å². The first kappa shape index (κ1) is 19.1. The van der Waals surface area contributed by atoms with E-state index < -0.39 is 0 Å². The monoisotopic (exact) mass is 385 g/mol. The Kier molecular flexibility index (Phi) is 6.31. The molecule has 2 fully saturated rings. The Bertz CT molecular complexity index is 722. The van der Waals surface area contributed by atoms with Crippen molar-refractivity contribution in [2.45, 2.75) is 32.2 Å². The molecule has 4 heterocycles. The molecule has 152 valence electrons. The van der Waals surface area contributed by atoms with Gasteiger partial charge in [0.05, 0.1) is 25.2 Å². The van der Waals surface area contributed by atoms with Crippen LogP contribution in [-0.2, 0) is 11.2 Å². The number of furan rings is 1. The quantitative estimate of drug-likeness (QED) is 0.611. The van der Waals surface area contributed by atoms with E-state index in [0.29, 0.717) is 17.9 Å².